The van der Waals surface area contributed by atoms with Crippen molar-refractivity contribution in [3.63, 3.8) is 0 Å². The van der Waals surface area contributed by atoms with E-state index in [1.54, 1.807) is 0 Å². The van der Waals surface area contributed by atoms with Crippen molar-refractivity contribution >= 4 is 91.3 Å². The molecule has 0 bridgehead atoms. The van der Waals surface area contributed by atoms with Gasteiger partial charge in [0.25, 0.3) is 0 Å². The van der Waals surface area contributed by atoms with Crippen LogP contribution in [0.3, 0.4) is 0 Å². The average Bonchev–Trinajstić information content (AvgIpc) is 3.93. The summed E-state index contributed by atoms with van der Waals surface area (Å²) < 4.78 is 9.06. The molecule has 2 heteroatoms. The van der Waals surface area contributed by atoms with Gasteiger partial charge in [-0.05, 0) is 138 Å². The van der Waals surface area contributed by atoms with Crippen LogP contribution in [0, 0.1) is 0 Å². The Kier molecular flexibility index (Phi) is 6.84. The molecule has 0 N–H and O–H groups in total. The molecule has 278 valence electrons. The van der Waals surface area contributed by atoms with E-state index in [1.165, 1.54) is 119 Å². The third kappa shape index (κ3) is 4.67. The molecule has 59 heavy (non-hydrogen) atoms. The van der Waals surface area contributed by atoms with E-state index in [0.717, 1.165) is 24.0 Å². The maximum atomic E-state index is 6.44. The highest BCUT2D eigenvalue weighted by molar-refractivity contribution is 7.26. The Morgan fingerprint density at radius 1 is 0.492 bits per heavy atom. The van der Waals surface area contributed by atoms with Gasteiger partial charge < -0.3 is 4.42 Å². The van der Waals surface area contributed by atoms with Crippen molar-refractivity contribution in [1.82, 2.24) is 0 Å². The predicted molar refractivity (Wildman–Crippen MR) is 254 cm³/mol. The summed E-state index contributed by atoms with van der Waals surface area (Å²) in [5.74, 6) is 0. The molecule has 0 amide bonds. The van der Waals surface area contributed by atoms with Crippen LogP contribution in [0.4, 0.5) is 0 Å². The van der Waals surface area contributed by atoms with E-state index in [1.807, 2.05) is 17.4 Å². The SMILES string of the molecule is CC1(C)c2cc(-c3ccc4c(c3)sc3ccc5c(ccc6c7ccccc7oc65)c34)ccc2-c2ccc(-c3c4ccccc4c(C4=CC=CCC4)c4ccccc34)cc21. The van der Waals surface area contributed by atoms with Gasteiger partial charge >= 0.3 is 0 Å². The van der Waals surface area contributed by atoms with E-state index >= 15 is 0 Å². The topological polar surface area (TPSA) is 13.1 Å². The van der Waals surface area contributed by atoms with Crippen LogP contribution in [-0.4, -0.2) is 0 Å². The van der Waals surface area contributed by atoms with Gasteiger partial charge in [0.1, 0.15) is 11.2 Å². The van der Waals surface area contributed by atoms with Gasteiger partial charge in [0.2, 0.25) is 0 Å². The summed E-state index contributed by atoms with van der Waals surface area (Å²) in [6.07, 6.45) is 8.98. The van der Waals surface area contributed by atoms with Crippen molar-refractivity contribution in [1.29, 1.82) is 0 Å². The zero-order chi connectivity index (χ0) is 39.0. The van der Waals surface area contributed by atoms with Crippen molar-refractivity contribution in [3.05, 3.63) is 187 Å². The first-order chi connectivity index (χ1) is 29.0. The minimum Gasteiger partial charge on any atom is -0.455 e. The summed E-state index contributed by atoms with van der Waals surface area (Å²) in [4.78, 5) is 0. The van der Waals surface area contributed by atoms with Crippen molar-refractivity contribution in [2.45, 2.75) is 32.1 Å². The number of hydrogen-bond donors (Lipinski definition) is 0. The Balaban J connectivity index is 0.916. The zero-order valence-electron chi connectivity index (χ0n) is 32.9. The minimum absolute atomic E-state index is 0.163. The number of para-hydroxylation sites is 1. The van der Waals surface area contributed by atoms with E-state index in [-0.39, 0.29) is 5.41 Å². The second-order valence-corrected chi connectivity index (χ2v) is 18.1. The molecule has 11 aromatic rings. The van der Waals surface area contributed by atoms with Crippen LogP contribution in [-0.2, 0) is 5.41 Å². The molecule has 2 aliphatic rings. The second-order valence-electron chi connectivity index (χ2n) is 17.0. The van der Waals surface area contributed by atoms with Crippen LogP contribution < -0.4 is 0 Å². The largest absolute Gasteiger partial charge is 0.455 e. The molecule has 9 aromatic carbocycles. The van der Waals surface area contributed by atoms with Gasteiger partial charge in [0.05, 0.1) is 0 Å². The molecular weight excluding hydrogens is 733 g/mol. The molecule has 13 rings (SSSR count). The van der Waals surface area contributed by atoms with Crippen LogP contribution in [0.15, 0.2) is 174 Å². The molecule has 2 aromatic heterocycles. The van der Waals surface area contributed by atoms with Crippen molar-refractivity contribution < 1.29 is 4.42 Å². The van der Waals surface area contributed by atoms with E-state index < -0.39 is 0 Å². The van der Waals surface area contributed by atoms with Crippen molar-refractivity contribution in [2.24, 2.45) is 0 Å². The van der Waals surface area contributed by atoms with Crippen LogP contribution in [0.2, 0.25) is 0 Å². The molecule has 0 saturated heterocycles. The number of benzene rings is 9. The summed E-state index contributed by atoms with van der Waals surface area (Å²) in [6, 6.07) is 57.0. The normalized spacial score (nSPS) is 14.6. The van der Waals surface area contributed by atoms with Crippen LogP contribution in [0.25, 0.3) is 113 Å². The molecule has 0 saturated carbocycles. The lowest BCUT2D eigenvalue weighted by Crippen LogP contribution is -2.15. The molecule has 0 fully saturated rings. The van der Waals surface area contributed by atoms with E-state index in [2.05, 4.69) is 178 Å². The van der Waals surface area contributed by atoms with Gasteiger partial charge in [-0.25, -0.2) is 0 Å². The molecule has 0 unspecified atom stereocenters. The van der Waals surface area contributed by atoms with Crippen molar-refractivity contribution in [3.8, 4) is 33.4 Å². The highest BCUT2D eigenvalue weighted by Crippen LogP contribution is 2.52. The summed E-state index contributed by atoms with van der Waals surface area (Å²) in [5, 5.41) is 12.7. The Labute approximate surface area is 346 Å². The number of rotatable bonds is 3. The second kappa shape index (κ2) is 12.1. The number of hydrogen-bond acceptors (Lipinski definition) is 2. The highest BCUT2D eigenvalue weighted by Gasteiger charge is 2.36. The van der Waals surface area contributed by atoms with E-state index in [4.69, 9.17) is 4.42 Å². The first kappa shape index (κ1) is 33.3. The van der Waals surface area contributed by atoms with Gasteiger partial charge in [-0.15, -0.1) is 11.3 Å². The maximum absolute atomic E-state index is 6.44. The molecule has 2 aliphatic carbocycles. The average molecular weight is 771 g/mol. The van der Waals surface area contributed by atoms with Crippen LogP contribution in [0.5, 0.6) is 0 Å². The standard InChI is InChI=1S/C57H38OS/c1-57(2)48-30-34(35-21-25-47-52(32-35)59-51-29-28-46-44(55(47)51)26-27-45-39-14-10-11-19-50(39)58-56(45)46)20-23-37(48)38-24-22-36(31-49(38)57)54-42-17-8-6-15-40(42)53(33-12-4-3-5-13-33)41-16-7-9-18-43(41)54/h3-4,6-12,14-32H,5,13H2,1-2H3. The molecule has 0 radical (unpaired) electrons. The highest BCUT2D eigenvalue weighted by atomic mass is 32.1. The fourth-order valence-electron chi connectivity index (χ4n) is 10.7. The zero-order valence-corrected chi connectivity index (χ0v) is 33.7. The molecule has 2 heterocycles. The monoisotopic (exact) mass is 770 g/mol. The third-order valence-corrected chi connectivity index (χ3v) is 14.7. The number of furan rings is 1. The summed E-state index contributed by atoms with van der Waals surface area (Å²) >= 11 is 1.88. The Morgan fingerprint density at radius 3 is 1.80 bits per heavy atom. The van der Waals surface area contributed by atoms with Gasteiger partial charge in [0.15, 0.2) is 0 Å². The first-order valence-corrected chi connectivity index (χ1v) is 21.6. The van der Waals surface area contributed by atoms with Crippen LogP contribution >= 0.6 is 11.3 Å². The van der Waals surface area contributed by atoms with Gasteiger partial charge in [-0.2, -0.15) is 0 Å². The van der Waals surface area contributed by atoms with Crippen LogP contribution in [0.1, 0.15) is 43.4 Å². The number of fused-ring (bicyclic) bond motifs is 14. The first-order valence-electron chi connectivity index (χ1n) is 20.8. The third-order valence-electron chi connectivity index (χ3n) is 13.5. The molecule has 0 atom stereocenters. The maximum Gasteiger partial charge on any atom is 0.143 e. The van der Waals surface area contributed by atoms with Crippen molar-refractivity contribution in [2.75, 3.05) is 0 Å². The fraction of sp³-hybridized carbons (Fsp3) is 0.0877. The lowest BCUT2D eigenvalue weighted by molar-refractivity contribution is 0.661. The summed E-state index contributed by atoms with van der Waals surface area (Å²) in [7, 11) is 0. The molecule has 0 spiro atoms. The Bertz CT molecular complexity index is 3640. The van der Waals surface area contributed by atoms with E-state index in [9.17, 15) is 0 Å². The molecule has 0 aliphatic heterocycles. The predicted octanol–water partition coefficient (Wildman–Crippen LogP) is 16.8. The van der Waals surface area contributed by atoms with Gasteiger partial charge in [-0.1, -0.05) is 141 Å². The van der Waals surface area contributed by atoms with Gasteiger partial charge in [0, 0.05) is 41.7 Å². The molecule has 1 nitrogen and oxygen atoms in total. The lowest BCUT2D eigenvalue weighted by Gasteiger charge is -2.24. The smallest absolute Gasteiger partial charge is 0.143 e. The van der Waals surface area contributed by atoms with Gasteiger partial charge in [-0.3, -0.25) is 0 Å². The quantitative estimate of drug-likeness (QED) is 0.163. The summed E-state index contributed by atoms with van der Waals surface area (Å²) in [6.45, 7) is 4.82. The Morgan fingerprint density at radius 2 is 1.07 bits per heavy atom. The molecular formula is C57H38OS. The summed E-state index contributed by atoms with van der Waals surface area (Å²) in [5.41, 5.74) is 15.2. The number of thiophene rings is 1. The minimum atomic E-state index is -0.163. The lowest BCUT2D eigenvalue weighted by atomic mass is 9.79. The number of allylic oxidation sites excluding steroid dienone is 4. The van der Waals surface area contributed by atoms with E-state index in [0.29, 0.717) is 0 Å². The fourth-order valence-corrected chi connectivity index (χ4v) is 11.9. The Hall–Kier alpha value is -6.74.